The van der Waals surface area contributed by atoms with E-state index in [0.29, 0.717) is 6.54 Å². The van der Waals surface area contributed by atoms with E-state index in [2.05, 4.69) is 22.8 Å². The van der Waals surface area contributed by atoms with E-state index in [9.17, 15) is 4.79 Å². The first kappa shape index (κ1) is 13.9. The standard InChI is InChI=1S/C15H22N2O2/c18-12-6-2-5-11-16-14(19)17-15(9-10-15)13-7-3-1-4-8-13/h1,3-4,7-8,18H,2,5-6,9-12H2,(H2,16,17,19). The number of hydrogen-bond acceptors (Lipinski definition) is 2. The molecular formula is C15H22N2O2. The van der Waals surface area contributed by atoms with Gasteiger partial charge < -0.3 is 15.7 Å². The zero-order valence-corrected chi connectivity index (χ0v) is 11.2. The van der Waals surface area contributed by atoms with Crippen LogP contribution >= 0.6 is 0 Å². The van der Waals surface area contributed by atoms with Crippen LogP contribution in [-0.4, -0.2) is 24.3 Å². The van der Waals surface area contributed by atoms with E-state index in [-0.39, 0.29) is 18.2 Å². The molecule has 1 aliphatic rings. The van der Waals surface area contributed by atoms with Gasteiger partial charge in [0.25, 0.3) is 0 Å². The van der Waals surface area contributed by atoms with Crippen LogP contribution in [0.3, 0.4) is 0 Å². The molecule has 3 N–H and O–H groups in total. The lowest BCUT2D eigenvalue weighted by Gasteiger charge is -2.18. The van der Waals surface area contributed by atoms with Gasteiger partial charge in [-0.1, -0.05) is 30.3 Å². The topological polar surface area (TPSA) is 61.4 Å². The maximum atomic E-state index is 11.8. The maximum Gasteiger partial charge on any atom is 0.315 e. The van der Waals surface area contributed by atoms with Gasteiger partial charge in [-0.2, -0.15) is 0 Å². The fourth-order valence-electron chi connectivity index (χ4n) is 2.25. The van der Waals surface area contributed by atoms with Crippen molar-refractivity contribution in [2.45, 2.75) is 37.6 Å². The summed E-state index contributed by atoms with van der Waals surface area (Å²) in [6.07, 6.45) is 4.67. The predicted molar refractivity (Wildman–Crippen MR) is 74.8 cm³/mol. The van der Waals surface area contributed by atoms with Crippen LogP contribution in [0.5, 0.6) is 0 Å². The van der Waals surface area contributed by atoms with Crippen LogP contribution in [0.25, 0.3) is 0 Å². The molecule has 2 rings (SSSR count). The summed E-state index contributed by atoms with van der Waals surface area (Å²) in [5.74, 6) is 0. The molecule has 0 aromatic heterocycles. The number of urea groups is 1. The Morgan fingerprint density at radius 3 is 2.53 bits per heavy atom. The van der Waals surface area contributed by atoms with Gasteiger partial charge in [-0.25, -0.2) is 4.79 Å². The second-order valence-corrected chi connectivity index (χ2v) is 5.11. The number of carbonyl (C=O) groups is 1. The van der Waals surface area contributed by atoms with E-state index in [1.807, 2.05) is 18.2 Å². The first-order valence-corrected chi connectivity index (χ1v) is 6.99. The number of nitrogens with one attached hydrogen (secondary N) is 2. The van der Waals surface area contributed by atoms with Gasteiger partial charge in [-0.05, 0) is 37.7 Å². The summed E-state index contributed by atoms with van der Waals surface area (Å²) in [5.41, 5.74) is 1.04. The van der Waals surface area contributed by atoms with Crippen molar-refractivity contribution in [3.63, 3.8) is 0 Å². The van der Waals surface area contributed by atoms with E-state index in [0.717, 1.165) is 32.1 Å². The predicted octanol–water partition coefficient (Wildman–Crippen LogP) is 2.14. The first-order valence-electron chi connectivity index (χ1n) is 6.99. The van der Waals surface area contributed by atoms with Crippen molar-refractivity contribution in [3.05, 3.63) is 35.9 Å². The number of hydrogen-bond donors (Lipinski definition) is 3. The monoisotopic (exact) mass is 262 g/mol. The minimum absolute atomic E-state index is 0.0923. The fraction of sp³-hybridized carbons (Fsp3) is 0.533. The highest BCUT2D eigenvalue weighted by molar-refractivity contribution is 5.75. The quantitative estimate of drug-likeness (QED) is 0.659. The van der Waals surface area contributed by atoms with Crippen molar-refractivity contribution in [1.29, 1.82) is 0 Å². The van der Waals surface area contributed by atoms with Crippen molar-refractivity contribution >= 4 is 6.03 Å². The molecule has 1 aliphatic carbocycles. The summed E-state index contributed by atoms with van der Waals surface area (Å²) < 4.78 is 0. The van der Waals surface area contributed by atoms with Gasteiger partial charge in [-0.3, -0.25) is 0 Å². The van der Waals surface area contributed by atoms with E-state index in [1.54, 1.807) is 0 Å². The number of benzene rings is 1. The highest BCUT2D eigenvalue weighted by Crippen LogP contribution is 2.45. The maximum absolute atomic E-state index is 11.8. The van der Waals surface area contributed by atoms with E-state index in [1.165, 1.54) is 5.56 Å². The van der Waals surface area contributed by atoms with Gasteiger partial charge in [0.2, 0.25) is 0 Å². The summed E-state index contributed by atoms with van der Waals surface area (Å²) in [6, 6.07) is 10.0. The number of unbranched alkanes of at least 4 members (excludes halogenated alkanes) is 2. The Labute approximate surface area is 114 Å². The zero-order valence-electron chi connectivity index (χ0n) is 11.2. The molecule has 2 amide bonds. The van der Waals surface area contributed by atoms with Crippen molar-refractivity contribution in [2.24, 2.45) is 0 Å². The molecule has 4 heteroatoms. The third-order valence-corrected chi connectivity index (χ3v) is 3.55. The average Bonchev–Trinajstić information content (AvgIpc) is 3.20. The summed E-state index contributed by atoms with van der Waals surface area (Å²) in [5, 5.41) is 14.6. The molecule has 0 radical (unpaired) electrons. The molecule has 0 spiro atoms. The molecule has 19 heavy (non-hydrogen) atoms. The van der Waals surface area contributed by atoms with Crippen molar-refractivity contribution in [2.75, 3.05) is 13.2 Å². The molecule has 0 bridgehead atoms. The van der Waals surface area contributed by atoms with Crippen LogP contribution in [0.15, 0.2) is 30.3 Å². The van der Waals surface area contributed by atoms with Gasteiger partial charge in [0.15, 0.2) is 0 Å². The van der Waals surface area contributed by atoms with Crippen LogP contribution in [0, 0.1) is 0 Å². The molecule has 0 aliphatic heterocycles. The molecule has 0 heterocycles. The van der Waals surface area contributed by atoms with Crippen LogP contribution in [-0.2, 0) is 5.54 Å². The Kier molecular flexibility index (Phi) is 4.80. The van der Waals surface area contributed by atoms with Crippen LogP contribution in [0.2, 0.25) is 0 Å². The van der Waals surface area contributed by atoms with Crippen LogP contribution in [0.1, 0.15) is 37.7 Å². The molecule has 0 atom stereocenters. The Hall–Kier alpha value is -1.55. The molecule has 1 saturated carbocycles. The third-order valence-electron chi connectivity index (χ3n) is 3.55. The Bertz CT molecular complexity index is 402. The lowest BCUT2D eigenvalue weighted by molar-refractivity contribution is 0.235. The van der Waals surface area contributed by atoms with Gasteiger partial charge >= 0.3 is 6.03 Å². The zero-order chi connectivity index (χ0) is 13.6. The van der Waals surface area contributed by atoms with Crippen LogP contribution < -0.4 is 10.6 Å². The number of aliphatic hydroxyl groups is 1. The third kappa shape index (κ3) is 3.96. The molecule has 4 nitrogen and oxygen atoms in total. The fourth-order valence-corrected chi connectivity index (χ4v) is 2.25. The molecular weight excluding hydrogens is 240 g/mol. The van der Waals surface area contributed by atoms with Gasteiger partial charge in [0, 0.05) is 13.2 Å². The van der Waals surface area contributed by atoms with Crippen molar-refractivity contribution in [1.82, 2.24) is 10.6 Å². The number of carbonyl (C=O) groups excluding carboxylic acids is 1. The summed E-state index contributed by atoms with van der Waals surface area (Å²) in [7, 11) is 0. The number of aliphatic hydroxyl groups excluding tert-OH is 1. The first-order chi connectivity index (χ1) is 9.27. The molecule has 1 fully saturated rings. The Morgan fingerprint density at radius 1 is 1.16 bits per heavy atom. The molecule has 104 valence electrons. The van der Waals surface area contributed by atoms with Gasteiger partial charge in [-0.15, -0.1) is 0 Å². The van der Waals surface area contributed by atoms with Gasteiger partial charge in [0.1, 0.15) is 0 Å². The second-order valence-electron chi connectivity index (χ2n) is 5.11. The lowest BCUT2D eigenvalue weighted by Crippen LogP contribution is -2.42. The minimum atomic E-state index is -0.142. The highest BCUT2D eigenvalue weighted by Gasteiger charge is 2.45. The molecule has 0 saturated heterocycles. The smallest absolute Gasteiger partial charge is 0.315 e. The summed E-state index contributed by atoms with van der Waals surface area (Å²) in [4.78, 5) is 11.8. The molecule has 1 aromatic carbocycles. The Morgan fingerprint density at radius 2 is 1.89 bits per heavy atom. The van der Waals surface area contributed by atoms with E-state index >= 15 is 0 Å². The van der Waals surface area contributed by atoms with Crippen molar-refractivity contribution in [3.8, 4) is 0 Å². The average molecular weight is 262 g/mol. The largest absolute Gasteiger partial charge is 0.396 e. The highest BCUT2D eigenvalue weighted by atomic mass is 16.2. The van der Waals surface area contributed by atoms with Crippen molar-refractivity contribution < 1.29 is 9.90 Å². The number of rotatable bonds is 7. The minimum Gasteiger partial charge on any atom is -0.396 e. The van der Waals surface area contributed by atoms with E-state index < -0.39 is 0 Å². The van der Waals surface area contributed by atoms with E-state index in [4.69, 9.17) is 5.11 Å². The summed E-state index contributed by atoms with van der Waals surface area (Å²) >= 11 is 0. The number of amides is 2. The molecule has 1 aromatic rings. The second kappa shape index (κ2) is 6.57. The summed E-state index contributed by atoms with van der Waals surface area (Å²) in [6.45, 7) is 0.889. The van der Waals surface area contributed by atoms with Crippen LogP contribution in [0.4, 0.5) is 4.79 Å². The van der Waals surface area contributed by atoms with Gasteiger partial charge in [0.05, 0.1) is 5.54 Å². The normalized spacial score (nSPS) is 15.8. The lowest BCUT2D eigenvalue weighted by atomic mass is 10.1. The molecule has 0 unspecified atom stereocenters. The Balaban J connectivity index is 1.74. The SMILES string of the molecule is O=C(NCCCCCO)NC1(c2ccccc2)CC1.